The van der Waals surface area contributed by atoms with Gasteiger partial charge in [-0.2, -0.15) is 0 Å². The number of benzene rings is 2. The Labute approximate surface area is 155 Å². The quantitative estimate of drug-likeness (QED) is 0.541. The van der Waals surface area contributed by atoms with Crippen LogP contribution >= 0.6 is 34.8 Å². The van der Waals surface area contributed by atoms with Crippen molar-refractivity contribution < 1.29 is 8.42 Å². The van der Waals surface area contributed by atoms with Gasteiger partial charge in [-0.15, -0.1) is 0 Å². The molecule has 0 saturated heterocycles. The van der Waals surface area contributed by atoms with Crippen LogP contribution in [0, 0.1) is 3.57 Å². The fourth-order valence-corrected chi connectivity index (χ4v) is 3.32. The standard InChI is InChI=1S/C15H16IN3O2S2/c1-19(2)23(20,21)14-5-3-4-13(10-14)18-15(22)17-12-8-6-11(16)7-9-12/h3-10H,1-2H3,(H2,17,18,22). The molecule has 2 N–H and O–H groups in total. The third-order valence-corrected chi connectivity index (χ3v) is 5.71. The smallest absolute Gasteiger partial charge is 0.242 e. The Balaban J connectivity index is 2.11. The summed E-state index contributed by atoms with van der Waals surface area (Å²) in [5, 5.41) is 6.44. The molecule has 2 aromatic carbocycles. The molecule has 2 aromatic rings. The molecular weight excluding hydrogens is 445 g/mol. The third kappa shape index (κ3) is 4.87. The summed E-state index contributed by atoms with van der Waals surface area (Å²) in [6.45, 7) is 0. The first-order chi connectivity index (χ1) is 10.8. The fraction of sp³-hybridized carbons (Fsp3) is 0.133. The van der Waals surface area contributed by atoms with E-state index in [2.05, 4.69) is 33.2 Å². The van der Waals surface area contributed by atoms with Gasteiger partial charge < -0.3 is 10.6 Å². The number of hydrogen-bond donors (Lipinski definition) is 2. The van der Waals surface area contributed by atoms with Gasteiger partial charge in [0, 0.05) is 29.0 Å². The van der Waals surface area contributed by atoms with Gasteiger partial charge >= 0.3 is 0 Å². The second-order valence-electron chi connectivity index (χ2n) is 4.90. The predicted octanol–water partition coefficient (Wildman–Crippen LogP) is 3.35. The number of nitrogens with one attached hydrogen (secondary N) is 2. The van der Waals surface area contributed by atoms with Gasteiger partial charge in [0.2, 0.25) is 10.0 Å². The molecule has 0 aliphatic carbocycles. The Bertz CT molecular complexity index is 806. The summed E-state index contributed by atoms with van der Waals surface area (Å²) >= 11 is 7.48. The first kappa shape index (κ1) is 18.1. The van der Waals surface area contributed by atoms with Crippen molar-refractivity contribution in [2.75, 3.05) is 24.7 Å². The lowest BCUT2D eigenvalue weighted by Gasteiger charge is -2.14. The molecule has 0 aromatic heterocycles. The molecule has 0 bridgehead atoms. The van der Waals surface area contributed by atoms with Crippen molar-refractivity contribution in [1.29, 1.82) is 0 Å². The average molecular weight is 461 g/mol. The van der Waals surface area contributed by atoms with Crippen LogP contribution in [0.2, 0.25) is 0 Å². The van der Waals surface area contributed by atoms with Gasteiger partial charge in [0.05, 0.1) is 4.90 Å². The maximum Gasteiger partial charge on any atom is 0.242 e. The molecule has 23 heavy (non-hydrogen) atoms. The Morgan fingerprint density at radius 1 is 1.04 bits per heavy atom. The Morgan fingerprint density at radius 2 is 1.65 bits per heavy atom. The SMILES string of the molecule is CN(C)S(=O)(=O)c1cccc(NC(=S)Nc2ccc(I)cc2)c1. The summed E-state index contributed by atoms with van der Waals surface area (Å²) in [5.41, 5.74) is 1.47. The van der Waals surface area contributed by atoms with Gasteiger partial charge in [-0.05, 0) is 77.3 Å². The van der Waals surface area contributed by atoms with Crippen LogP contribution in [0.5, 0.6) is 0 Å². The molecule has 0 heterocycles. The second-order valence-corrected chi connectivity index (χ2v) is 8.71. The molecule has 0 fully saturated rings. The highest BCUT2D eigenvalue weighted by Gasteiger charge is 2.17. The number of halogens is 1. The zero-order valence-corrected chi connectivity index (χ0v) is 16.4. The van der Waals surface area contributed by atoms with E-state index in [4.69, 9.17) is 12.2 Å². The maximum absolute atomic E-state index is 12.1. The van der Waals surface area contributed by atoms with Gasteiger partial charge in [0.25, 0.3) is 0 Å². The fourth-order valence-electron chi connectivity index (χ4n) is 1.77. The lowest BCUT2D eigenvalue weighted by Crippen LogP contribution is -2.23. The molecular formula is C15H16IN3O2S2. The van der Waals surface area contributed by atoms with Crippen LogP contribution < -0.4 is 10.6 Å². The molecule has 122 valence electrons. The molecule has 0 atom stereocenters. The molecule has 0 aliphatic rings. The van der Waals surface area contributed by atoms with Crippen molar-refractivity contribution in [3.8, 4) is 0 Å². The number of anilines is 2. The summed E-state index contributed by atoms with van der Waals surface area (Å²) in [4.78, 5) is 0.213. The monoisotopic (exact) mass is 461 g/mol. The number of sulfonamides is 1. The van der Waals surface area contributed by atoms with Crippen LogP contribution in [0.15, 0.2) is 53.4 Å². The molecule has 2 rings (SSSR count). The average Bonchev–Trinajstić information content (AvgIpc) is 2.49. The van der Waals surface area contributed by atoms with Crippen LogP contribution in [0.25, 0.3) is 0 Å². The number of rotatable bonds is 4. The lowest BCUT2D eigenvalue weighted by atomic mass is 10.3. The topological polar surface area (TPSA) is 61.4 Å². The van der Waals surface area contributed by atoms with E-state index >= 15 is 0 Å². The molecule has 8 heteroatoms. The minimum Gasteiger partial charge on any atom is -0.332 e. The minimum absolute atomic E-state index is 0.213. The summed E-state index contributed by atoms with van der Waals surface area (Å²) in [7, 11) is -0.473. The molecule has 0 aliphatic heterocycles. The van der Waals surface area contributed by atoms with Gasteiger partial charge in [0.1, 0.15) is 0 Å². The van der Waals surface area contributed by atoms with Crippen molar-refractivity contribution in [3.63, 3.8) is 0 Å². The Hall–Kier alpha value is -1.23. The first-order valence-corrected chi connectivity index (χ1v) is 9.58. The van der Waals surface area contributed by atoms with E-state index in [-0.39, 0.29) is 4.90 Å². The molecule has 5 nitrogen and oxygen atoms in total. The van der Waals surface area contributed by atoms with E-state index in [1.807, 2.05) is 24.3 Å². The van der Waals surface area contributed by atoms with E-state index < -0.39 is 10.0 Å². The zero-order valence-electron chi connectivity index (χ0n) is 12.6. The van der Waals surface area contributed by atoms with Gasteiger partial charge in [0.15, 0.2) is 5.11 Å². The minimum atomic E-state index is -3.47. The highest BCUT2D eigenvalue weighted by molar-refractivity contribution is 14.1. The highest BCUT2D eigenvalue weighted by Crippen LogP contribution is 2.18. The van der Waals surface area contributed by atoms with Crippen molar-refractivity contribution >= 4 is 61.3 Å². The van der Waals surface area contributed by atoms with Gasteiger partial charge in [-0.1, -0.05) is 6.07 Å². The summed E-state index contributed by atoms with van der Waals surface area (Å²) < 4.78 is 26.6. The Kier molecular flexibility index (Phi) is 5.95. The first-order valence-electron chi connectivity index (χ1n) is 6.65. The highest BCUT2D eigenvalue weighted by atomic mass is 127. The summed E-state index contributed by atoms with van der Waals surface area (Å²) in [6.07, 6.45) is 0. The summed E-state index contributed by atoms with van der Waals surface area (Å²) in [5.74, 6) is 0. The number of hydrogen-bond acceptors (Lipinski definition) is 3. The Morgan fingerprint density at radius 3 is 2.26 bits per heavy atom. The molecule has 0 saturated carbocycles. The van der Waals surface area contributed by atoms with Crippen molar-refractivity contribution in [2.24, 2.45) is 0 Å². The molecule has 0 unspecified atom stereocenters. The van der Waals surface area contributed by atoms with Crippen LogP contribution in [0.3, 0.4) is 0 Å². The van der Waals surface area contributed by atoms with Crippen LogP contribution in [-0.4, -0.2) is 31.9 Å². The number of thiocarbonyl (C=S) groups is 1. The van der Waals surface area contributed by atoms with Gasteiger partial charge in [-0.25, -0.2) is 12.7 Å². The largest absolute Gasteiger partial charge is 0.332 e. The second kappa shape index (κ2) is 7.56. The zero-order chi connectivity index (χ0) is 17.0. The van der Waals surface area contributed by atoms with Crippen molar-refractivity contribution in [2.45, 2.75) is 4.90 Å². The van der Waals surface area contributed by atoms with E-state index in [0.717, 1.165) is 9.26 Å². The van der Waals surface area contributed by atoms with Gasteiger partial charge in [-0.3, -0.25) is 0 Å². The maximum atomic E-state index is 12.1. The van der Waals surface area contributed by atoms with Crippen LogP contribution in [0.4, 0.5) is 11.4 Å². The molecule has 0 amide bonds. The van der Waals surface area contributed by atoms with E-state index in [0.29, 0.717) is 10.8 Å². The van der Waals surface area contributed by atoms with E-state index in [1.165, 1.54) is 18.4 Å². The van der Waals surface area contributed by atoms with Crippen molar-refractivity contribution in [1.82, 2.24) is 4.31 Å². The van der Waals surface area contributed by atoms with Crippen molar-refractivity contribution in [3.05, 3.63) is 52.1 Å². The van der Waals surface area contributed by atoms with E-state index in [1.54, 1.807) is 24.3 Å². The van der Waals surface area contributed by atoms with Crippen LogP contribution in [-0.2, 0) is 10.0 Å². The lowest BCUT2D eigenvalue weighted by molar-refractivity contribution is 0.521. The number of nitrogens with zero attached hydrogens (tertiary/aromatic N) is 1. The third-order valence-electron chi connectivity index (χ3n) is 2.97. The normalized spacial score (nSPS) is 11.3. The molecule has 0 spiro atoms. The van der Waals surface area contributed by atoms with Crippen LogP contribution in [0.1, 0.15) is 0 Å². The predicted molar refractivity (Wildman–Crippen MR) is 106 cm³/mol. The summed E-state index contributed by atoms with van der Waals surface area (Å²) in [6, 6.07) is 14.3. The molecule has 0 radical (unpaired) electrons. The van der Waals surface area contributed by atoms with E-state index in [9.17, 15) is 8.42 Å².